The lowest BCUT2D eigenvalue weighted by Crippen LogP contribution is -2.27. The maximum absolute atomic E-state index is 12.2. The van der Waals surface area contributed by atoms with Crippen molar-refractivity contribution in [2.45, 2.75) is 6.54 Å². The van der Waals surface area contributed by atoms with E-state index in [2.05, 4.69) is 20.9 Å². The van der Waals surface area contributed by atoms with Crippen molar-refractivity contribution in [2.75, 3.05) is 7.05 Å². The van der Waals surface area contributed by atoms with Gasteiger partial charge in [0.25, 0.3) is 5.91 Å². The molecule has 98 valence electrons. The summed E-state index contributed by atoms with van der Waals surface area (Å²) in [5.41, 5.74) is 1.39. The summed E-state index contributed by atoms with van der Waals surface area (Å²) in [6.07, 6.45) is 0. The van der Waals surface area contributed by atoms with Crippen molar-refractivity contribution < 1.29 is 4.79 Å². The van der Waals surface area contributed by atoms with Crippen LogP contribution in [-0.4, -0.2) is 22.8 Å². The van der Waals surface area contributed by atoms with Crippen molar-refractivity contribution in [3.8, 4) is 0 Å². The summed E-state index contributed by atoms with van der Waals surface area (Å²) in [7, 11) is 1.74. The molecule has 0 unspecified atom stereocenters. The van der Waals surface area contributed by atoms with Crippen LogP contribution in [0.3, 0.4) is 0 Å². The molecule has 0 aliphatic heterocycles. The van der Waals surface area contributed by atoms with Crippen LogP contribution >= 0.6 is 27.5 Å². The zero-order valence-corrected chi connectivity index (χ0v) is 12.6. The lowest BCUT2D eigenvalue weighted by Gasteiger charge is -2.17. The van der Waals surface area contributed by atoms with Crippen LogP contribution in [0, 0.1) is 0 Å². The van der Waals surface area contributed by atoms with Crippen molar-refractivity contribution in [1.29, 1.82) is 0 Å². The molecular weight excluding hydrogens is 328 g/mol. The average Bonchev–Trinajstić information content (AvgIpc) is 2.40. The van der Waals surface area contributed by atoms with Gasteiger partial charge in [-0.15, -0.1) is 0 Å². The Hall–Kier alpha value is -1.39. The first kappa shape index (κ1) is 14.0. The molecule has 2 aromatic rings. The van der Waals surface area contributed by atoms with Crippen molar-refractivity contribution in [3.05, 3.63) is 63.3 Å². The van der Waals surface area contributed by atoms with Gasteiger partial charge in [0.2, 0.25) is 0 Å². The van der Waals surface area contributed by atoms with Crippen LogP contribution in [0.15, 0.2) is 46.9 Å². The van der Waals surface area contributed by atoms with Gasteiger partial charge in [-0.3, -0.25) is 4.79 Å². The van der Waals surface area contributed by atoms with Gasteiger partial charge in [0, 0.05) is 18.1 Å². The number of halogens is 2. The first-order valence-electron chi connectivity index (χ1n) is 5.69. The molecule has 0 fully saturated rings. The van der Waals surface area contributed by atoms with E-state index in [0.29, 0.717) is 17.4 Å². The van der Waals surface area contributed by atoms with E-state index < -0.39 is 0 Å². The first-order valence-corrected chi connectivity index (χ1v) is 6.86. The molecule has 0 radical (unpaired) electrons. The van der Waals surface area contributed by atoms with Gasteiger partial charge < -0.3 is 4.90 Å². The van der Waals surface area contributed by atoms with E-state index in [-0.39, 0.29) is 5.91 Å². The molecule has 19 heavy (non-hydrogen) atoms. The Labute approximate surface area is 125 Å². The molecule has 0 aliphatic rings. The summed E-state index contributed by atoms with van der Waals surface area (Å²) in [5, 5.41) is 0.320. The summed E-state index contributed by atoms with van der Waals surface area (Å²) in [6.45, 7) is 0.508. The summed E-state index contributed by atoms with van der Waals surface area (Å²) in [4.78, 5) is 17.8. The smallest absolute Gasteiger partial charge is 0.272 e. The molecule has 5 heteroatoms. The molecule has 1 aromatic heterocycles. The third kappa shape index (κ3) is 3.55. The highest BCUT2D eigenvalue weighted by Crippen LogP contribution is 2.18. The van der Waals surface area contributed by atoms with Gasteiger partial charge in [-0.2, -0.15) is 0 Å². The molecule has 1 heterocycles. The van der Waals surface area contributed by atoms with Crippen LogP contribution in [0.1, 0.15) is 16.1 Å². The van der Waals surface area contributed by atoms with E-state index in [9.17, 15) is 4.79 Å². The van der Waals surface area contributed by atoms with E-state index in [0.717, 1.165) is 10.0 Å². The van der Waals surface area contributed by atoms with E-state index in [1.54, 1.807) is 30.1 Å². The van der Waals surface area contributed by atoms with Crippen molar-refractivity contribution >= 4 is 33.4 Å². The molecular formula is C14H12BrClN2O. The summed E-state index contributed by atoms with van der Waals surface area (Å²) >= 11 is 9.26. The Kier molecular flexibility index (Phi) is 4.56. The van der Waals surface area contributed by atoms with Gasteiger partial charge in [-0.1, -0.05) is 51.8 Å². The molecule has 0 bridgehead atoms. The maximum atomic E-state index is 12.2. The lowest BCUT2D eigenvalue weighted by molar-refractivity contribution is 0.0779. The monoisotopic (exact) mass is 338 g/mol. The summed E-state index contributed by atoms with van der Waals surface area (Å²) < 4.78 is 0.980. The molecule has 3 nitrogen and oxygen atoms in total. The van der Waals surface area contributed by atoms with Crippen LogP contribution in [-0.2, 0) is 6.54 Å². The zero-order valence-electron chi connectivity index (χ0n) is 10.3. The molecule has 0 spiro atoms. The normalized spacial score (nSPS) is 10.3. The fourth-order valence-corrected chi connectivity index (χ4v) is 2.25. The molecule has 0 atom stereocenters. The second kappa shape index (κ2) is 6.17. The number of hydrogen-bond donors (Lipinski definition) is 0. The van der Waals surface area contributed by atoms with E-state index in [1.807, 2.05) is 24.3 Å². The fraction of sp³-hybridized carbons (Fsp3) is 0.143. The van der Waals surface area contributed by atoms with Gasteiger partial charge in [0.1, 0.15) is 10.8 Å². The average molecular weight is 340 g/mol. The Balaban J connectivity index is 2.14. The Morgan fingerprint density at radius 1 is 1.26 bits per heavy atom. The molecule has 1 amide bonds. The Morgan fingerprint density at radius 3 is 2.68 bits per heavy atom. The predicted molar refractivity (Wildman–Crippen MR) is 79.2 cm³/mol. The number of aromatic nitrogens is 1. The second-order valence-corrected chi connectivity index (χ2v) is 5.34. The highest BCUT2D eigenvalue weighted by molar-refractivity contribution is 9.10. The standard InChI is InChI=1S/C14H12BrClN2O/c1-18(9-10-5-2-3-6-11(10)15)14(19)12-7-4-8-13(16)17-12/h2-8H,9H2,1H3. The zero-order chi connectivity index (χ0) is 13.8. The minimum atomic E-state index is -0.154. The van der Waals surface area contributed by atoms with E-state index >= 15 is 0 Å². The SMILES string of the molecule is CN(Cc1ccccc1Br)C(=O)c1cccc(Cl)n1. The van der Waals surface area contributed by atoms with Crippen LogP contribution in [0.4, 0.5) is 0 Å². The lowest BCUT2D eigenvalue weighted by atomic mass is 10.2. The van der Waals surface area contributed by atoms with Crippen LogP contribution < -0.4 is 0 Å². The fourth-order valence-electron chi connectivity index (χ4n) is 1.68. The quantitative estimate of drug-likeness (QED) is 0.798. The number of amides is 1. The summed E-state index contributed by atoms with van der Waals surface area (Å²) in [6, 6.07) is 12.8. The molecule has 2 rings (SSSR count). The molecule has 0 saturated heterocycles. The number of rotatable bonds is 3. The minimum absolute atomic E-state index is 0.154. The number of hydrogen-bond acceptors (Lipinski definition) is 2. The minimum Gasteiger partial charge on any atom is -0.336 e. The van der Waals surface area contributed by atoms with Crippen molar-refractivity contribution in [3.63, 3.8) is 0 Å². The van der Waals surface area contributed by atoms with Gasteiger partial charge in [-0.25, -0.2) is 4.98 Å². The number of carbonyl (C=O) groups excluding carboxylic acids is 1. The Bertz CT molecular complexity index is 604. The van der Waals surface area contributed by atoms with Crippen molar-refractivity contribution in [2.24, 2.45) is 0 Å². The van der Waals surface area contributed by atoms with Gasteiger partial charge in [-0.05, 0) is 23.8 Å². The first-order chi connectivity index (χ1) is 9.08. The molecule has 1 aromatic carbocycles. The summed E-state index contributed by atoms with van der Waals surface area (Å²) in [5.74, 6) is -0.154. The van der Waals surface area contributed by atoms with E-state index in [1.165, 1.54) is 0 Å². The third-order valence-corrected chi connectivity index (χ3v) is 3.63. The van der Waals surface area contributed by atoms with E-state index in [4.69, 9.17) is 11.6 Å². The second-order valence-electron chi connectivity index (χ2n) is 4.10. The number of nitrogens with zero attached hydrogens (tertiary/aromatic N) is 2. The molecule has 0 aliphatic carbocycles. The number of benzene rings is 1. The van der Waals surface area contributed by atoms with Crippen LogP contribution in [0.25, 0.3) is 0 Å². The third-order valence-electron chi connectivity index (χ3n) is 2.65. The highest BCUT2D eigenvalue weighted by atomic mass is 79.9. The topological polar surface area (TPSA) is 33.2 Å². The largest absolute Gasteiger partial charge is 0.336 e. The van der Waals surface area contributed by atoms with Crippen LogP contribution in [0.2, 0.25) is 5.15 Å². The van der Waals surface area contributed by atoms with Crippen LogP contribution in [0.5, 0.6) is 0 Å². The molecule has 0 N–H and O–H groups in total. The molecule has 0 saturated carbocycles. The van der Waals surface area contributed by atoms with Gasteiger partial charge in [0.15, 0.2) is 0 Å². The maximum Gasteiger partial charge on any atom is 0.272 e. The van der Waals surface area contributed by atoms with Gasteiger partial charge >= 0.3 is 0 Å². The van der Waals surface area contributed by atoms with Crippen molar-refractivity contribution in [1.82, 2.24) is 9.88 Å². The predicted octanol–water partition coefficient (Wildman–Crippen LogP) is 3.77. The van der Waals surface area contributed by atoms with Gasteiger partial charge in [0.05, 0.1) is 0 Å². The number of carbonyl (C=O) groups is 1. The Morgan fingerprint density at radius 2 is 2.00 bits per heavy atom. The number of pyridine rings is 1. The highest BCUT2D eigenvalue weighted by Gasteiger charge is 2.14.